The lowest BCUT2D eigenvalue weighted by atomic mass is 10.1. The molecule has 0 radical (unpaired) electrons. The Kier molecular flexibility index (Phi) is 6.69. The van der Waals surface area contributed by atoms with Crippen LogP contribution in [-0.4, -0.2) is 27.2 Å². The van der Waals surface area contributed by atoms with Crippen LogP contribution in [0.15, 0.2) is 36.4 Å². The van der Waals surface area contributed by atoms with Gasteiger partial charge < -0.3 is 19.5 Å². The molecule has 5 nitrogen and oxygen atoms in total. The Hall–Kier alpha value is -2.22. The van der Waals surface area contributed by atoms with E-state index in [-0.39, 0.29) is 5.91 Å². The van der Waals surface area contributed by atoms with Gasteiger partial charge in [0.15, 0.2) is 11.5 Å². The third-order valence-corrected chi connectivity index (χ3v) is 4.27. The summed E-state index contributed by atoms with van der Waals surface area (Å²) < 4.78 is 17.0. The highest BCUT2D eigenvalue weighted by molar-refractivity contribution is 14.1. The number of anilines is 1. The molecule has 0 unspecified atom stereocenters. The second-order valence-corrected chi connectivity index (χ2v) is 6.48. The van der Waals surface area contributed by atoms with E-state index in [1.165, 1.54) is 6.08 Å². The van der Waals surface area contributed by atoms with E-state index in [1.807, 2.05) is 25.1 Å². The Labute approximate surface area is 161 Å². The van der Waals surface area contributed by atoms with Crippen LogP contribution in [-0.2, 0) is 4.79 Å². The number of aryl methyl sites for hydroxylation is 1. The summed E-state index contributed by atoms with van der Waals surface area (Å²) in [6.45, 7) is 1.96. The Balaban J connectivity index is 2.21. The van der Waals surface area contributed by atoms with Gasteiger partial charge in [0.1, 0.15) is 5.75 Å². The zero-order chi connectivity index (χ0) is 18.4. The molecule has 0 atom stereocenters. The zero-order valence-corrected chi connectivity index (χ0v) is 16.7. The molecule has 0 saturated heterocycles. The van der Waals surface area contributed by atoms with Gasteiger partial charge in [-0.15, -0.1) is 0 Å². The third-order valence-electron chi connectivity index (χ3n) is 3.60. The highest BCUT2D eigenvalue weighted by Crippen LogP contribution is 2.35. The minimum Gasteiger partial charge on any atom is -0.496 e. The molecule has 0 fully saturated rings. The number of carbonyl (C=O) groups is 1. The summed E-state index contributed by atoms with van der Waals surface area (Å²) in [5.74, 6) is 1.50. The van der Waals surface area contributed by atoms with Crippen LogP contribution < -0.4 is 19.5 Å². The predicted molar refractivity (Wildman–Crippen MR) is 108 cm³/mol. The molecule has 25 heavy (non-hydrogen) atoms. The lowest BCUT2D eigenvalue weighted by Crippen LogP contribution is -2.09. The standard InChI is InChI=1S/C19H20INO4/c1-12-9-14(20)6-7-15(12)21-19(22)8-5-13-10-17(24-3)18(25-4)11-16(13)23-2/h5-11H,1-4H3,(H,21,22)/b8-5+. The van der Waals surface area contributed by atoms with Gasteiger partial charge in [-0.05, 0) is 65.4 Å². The summed E-state index contributed by atoms with van der Waals surface area (Å²) in [6.07, 6.45) is 3.14. The first-order valence-electron chi connectivity index (χ1n) is 7.53. The van der Waals surface area contributed by atoms with Crippen molar-refractivity contribution in [2.24, 2.45) is 0 Å². The monoisotopic (exact) mass is 453 g/mol. The summed E-state index contributed by atoms with van der Waals surface area (Å²) in [6, 6.07) is 9.33. The van der Waals surface area contributed by atoms with Crippen molar-refractivity contribution in [1.29, 1.82) is 0 Å². The van der Waals surface area contributed by atoms with Gasteiger partial charge >= 0.3 is 0 Å². The zero-order valence-electron chi connectivity index (χ0n) is 14.6. The Bertz CT molecular complexity index is 802. The van der Waals surface area contributed by atoms with Gasteiger partial charge in [0.2, 0.25) is 5.91 Å². The van der Waals surface area contributed by atoms with Gasteiger partial charge in [0.05, 0.1) is 21.3 Å². The van der Waals surface area contributed by atoms with Crippen molar-refractivity contribution in [2.75, 3.05) is 26.6 Å². The number of benzene rings is 2. The van der Waals surface area contributed by atoms with Gasteiger partial charge in [-0.1, -0.05) is 0 Å². The number of amides is 1. The first kappa shape index (κ1) is 19.1. The second kappa shape index (κ2) is 8.75. The number of carbonyl (C=O) groups excluding carboxylic acids is 1. The molecule has 2 aromatic carbocycles. The lowest BCUT2D eigenvalue weighted by molar-refractivity contribution is -0.111. The first-order chi connectivity index (χ1) is 12.0. The maximum absolute atomic E-state index is 12.2. The molecule has 0 spiro atoms. The Morgan fingerprint density at radius 3 is 2.24 bits per heavy atom. The maximum atomic E-state index is 12.2. The van der Waals surface area contributed by atoms with Gasteiger partial charge in [0, 0.05) is 27.0 Å². The van der Waals surface area contributed by atoms with E-state index < -0.39 is 0 Å². The smallest absolute Gasteiger partial charge is 0.248 e. The average Bonchev–Trinajstić information content (AvgIpc) is 2.61. The molecule has 0 heterocycles. The minimum absolute atomic E-state index is 0.221. The topological polar surface area (TPSA) is 56.8 Å². The van der Waals surface area contributed by atoms with Gasteiger partial charge in [-0.2, -0.15) is 0 Å². The average molecular weight is 453 g/mol. The highest BCUT2D eigenvalue weighted by Gasteiger charge is 2.10. The molecular formula is C19H20INO4. The number of halogens is 1. The molecule has 2 aromatic rings. The largest absolute Gasteiger partial charge is 0.496 e. The van der Waals surface area contributed by atoms with Crippen LogP contribution in [0.2, 0.25) is 0 Å². The molecule has 0 aromatic heterocycles. The van der Waals surface area contributed by atoms with Gasteiger partial charge in [-0.3, -0.25) is 4.79 Å². The number of rotatable bonds is 6. The van der Waals surface area contributed by atoms with Crippen LogP contribution in [0.4, 0.5) is 5.69 Å². The molecule has 1 N–H and O–H groups in total. The molecule has 0 bridgehead atoms. The quantitative estimate of drug-likeness (QED) is 0.524. The van der Waals surface area contributed by atoms with E-state index in [1.54, 1.807) is 39.5 Å². The first-order valence-corrected chi connectivity index (χ1v) is 8.61. The predicted octanol–water partition coefficient (Wildman–Crippen LogP) is 4.28. The van der Waals surface area contributed by atoms with Crippen LogP contribution >= 0.6 is 22.6 Å². The fourth-order valence-electron chi connectivity index (χ4n) is 2.29. The molecule has 2 rings (SSSR count). The van der Waals surface area contributed by atoms with Crippen molar-refractivity contribution < 1.29 is 19.0 Å². The summed E-state index contributed by atoms with van der Waals surface area (Å²) in [7, 11) is 4.68. The van der Waals surface area contributed by atoms with E-state index in [2.05, 4.69) is 27.9 Å². The van der Waals surface area contributed by atoms with Crippen molar-refractivity contribution in [2.45, 2.75) is 6.92 Å². The van der Waals surface area contributed by atoms with Crippen LogP contribution in [0.3, 0.4) is 0 Å². The molecule has 0 aliphatic carbocycles. The van der Waals surface area contributed by atoms with E-state index in [0.29, 0.717) is 17.2 Å². The second-order valence-electron chi connectivity index (χ2n) is 5.23. The minimum atomic E-state index is -0.221. The molecule has 0 aliphatic heterocycles. The molecule has 132 valence electrons. The van der Waals surface area contributed by atoms with E-state index >= 15 is 0 Å². The molecule has 1 amide bonds. The highest BCUT2D eigenvalue weighted by atomic mass is 127. The van der Waals surface area contributed by atoms with Crippen molar-refractivity contribution in [3.8, 4) is 17.2 Å². The number of hydrogen-bond donors (Lipinski definition) is 1. The van der Waals surface area contributed by atoms with E-state index in [4.69, 9.17) is 14.2 Å². The molecular weight excluding hydrogens is 433 g/mol. The van der Waals surface area contributed by atoms with Crippen LogP contribution in [0.5, 0.6) is 17.2 Å². The van der Waals surface area contributed by atoms with Crippen LogP contribution in [0, 0.1) is 10.5 Å². The molecule has 6 heteroatoms. The molecule has 0 aliphatic rings. The summed E-state index contributed by atoms with van der Waals surface area (Å²) >= 11 is 2.24. The number of methoxy groups -OCH3 is 3. The lowest BCUT2D eigenvalue weighted by Gasteiger charge is -2.12. The fraction of sp³-hybridized carbons (Fsp3) is 0.211. The maximum Gasteiger partial charge on any atom is 0.248 e. The molecule has 0 saturated carbocycles. The third kappa shape index (κ3) is 4.88. The number of nitrogens with one attached hydrogen (secondary N) is 1. The van der Waals surface area contributed by atoms with Crippen molar-refractivity contribution >= 4 is 40.3 Å². The van der Waals surface area contributed by atoms with Gasteiger partial charge in [-0.25, -0.2) is 0 Å². The van der Waals surface area contributed by atoms with Gasteiger partial charge in [0.25, 0.3) is 0 Å². The summed E-state index contributed by atoms with van der Waals surface area (Å²) in [4.78, 5) is 12.2. The van der Waals surface area contributed by atoms with E-state index in [9.17, 15) is 4.79 Å². The summed E-state index contributed by atoms with van der Waals surface area (Å²) in [5, 5.41) is 2.87. The van der Waals surface area contributed by atoms with E-state index in [0.717, 1.165) is 20.4 Å². The number of ether oxygens (including phenoxy) is 3. The van der Waals surface area contributed by atoms with Crippen molar-refractivity contribution in [1.82, 2.24) is 0 Å². The van der Waals surface area contributed by atoms with Crippen molar-refractivity contribution in [3.63, 3.8) is 0 Å². The number of hydrogen-bond acceptors (Lipinski definition) is 4. The van der Waals surface area contributed by atoms with Crippen LogP contribution in [0.1, 0.15) is 11.1 Å². The van der Waals surface area contributed by atoms with Crippen LogP contribution in [0.25, 0.3) is 6.08 Å². The Morgan fingerprint density at radius 2 is 1.64 bits per heavy atom. The summed E-state index contributed by atoms with van der Waals surface area (Å²) in [5.41, 5.74) is 2.52. The normalized spacial score (nSPS) is 10.6. The Morgan fingerprint density at radius 1 is 1.00 bits per heavy atom. The van der Waals surface area contributed by atoms with Crippen molar-refractivity contribution in [3.05, 3.63) is 51.1 Å². The SMILES string of the molecule is COc1cc(OC)c(OC)cc1/C=C/C(=O)Nc1ccc(I)cc1C. The fourth-order valence-corrected chi connectivity index (χ4v) is 2.94.